The van der Waals surface area contributed by atoms with E-state index in [2.05, 4.69) is 17.2 Å². The maximum atomic E-state index is 11.1. The molecular formula is C13H15NO. The van der Waals surface area contributed by atoms with E-state index in [1.807, 2.05) is 25.2 Å². The summed E-state index contributed by atoms with van der Waals surface area (Å²) >= 11 is 0. The highest BCUT2D eigenvalue weighted by atomic mass is 16.1. The number of nitrogens with one attached hydrogen (secondary N) is 1. The molecule has 0 radical (unpaired) electrons. The Kier molecular flexibility index (Phi) is 4.59. The van der Waals surface area contributed by atoms with Crippen LogP contribution < -0.4 is 5.32 Å². The lowest BCUT2D eigenvalue weighted by Gasteiger charge is -1.95. The van der Waals surface area contributed by atoms with Crippen molar-refractivity contribution in [3.63, 3.8) is 0 Å². The van der Waals surface area contributed by atoms with Crippen LogP contribution in [0.15, 0.2) is 24.3 Å². The van der Waals surface area contributed by atoms with Gasteiger partial charge in [0, 0.05) is 24.1 Å². The minimum atomic E-state index is 0.0777. The largest absolute Gasteiger partial charge is 0.319 e. The highest BCUT2D eigenvalue weighted by Crippen LogP contribution is 2.04. The van der Waals surface area contributed by atoms with Crippen LogP contribution in [0.3, 0.4) is 0 Å². The van der Waals surface area contributed by atoms with Crippen molar-refractivity contribution in [2.24, 2.45) is 0 Å². The fraction of sp³-hybridized carbons (Fsp3) is 0.308. The molecule has 0 bridgehead atoms. The zero-order valence-electron chi connectivity index (χ0n) is 9.13. The van der Waals surface area contributed by atoms with Crippen LogP contribution in [0.1, 0.15) is 29.3 Å². The van der Waals surface area contributed by atoms with E-state index in [0.717, 1.165) is 24.1 Å². The summed E-state index contributed by atoms with van der Waals surface area (Å²) in [7, 11) is 1.90. The number of carbonyl (C=O) groups is 1. The molecule has 2 heteroatoms. The standard InChI is InChI=1S/C13H15NO/c1-11(15)13-8-5-7-12(10-13)6-3-4-9-14-2/h5,7-8,10,14H,4,9H2,1-2H3. The molecule has 0 fully saturated rings. The van der Waals surface area contributed by atoms with Gasteiger partial charge in [-0.2, -0.15) is 0 Å². The van der Waals surface area contributed by atoms with E-state index in [9.17, 15) is 4.79 Å². The number of benzene rings is 1. The number of hydrogen-bond acceptors (Lipinski definition) is 2. The van der Waals surface area contributed by atoms with Gasteiger partial charge >= 0.3 is 0 Å². The quantitative estimate of drug-likeness (QED) is 0.459. The molecule has 78 valence electrons. The lowest BCUT2D eigenvalue weighted by Crippen LogP contribution is -2.05. The van der Waals surface area contributed by atoms with Gasteiger partial charge in [0.15, 0.2) is 5.78 Å². The molecular weight excluding hydrogens is 186 g/mol. The lowest BCUT2D eigenvalue weighted by molar-refractivity contribution is 0.101. The van der Waals surface area contributed by atoms with Crippen LogP contribution >= 0.6 is 0 Å². The van der Waals surface area contributed by atoms with Gasteiger partial charge in [-0.05, 0) is 26.1 Å². The summed E-state index contributed by atoms with van der Waals surface area (Å²) in [6.07, 6.45) is 0.820. The number of rotatable bonds is 3. The number of hydrogen-bond donors (Lipinski definition) is 1. The van der Waals surface area contributed by atoms with Gasteiger partial charge in [-0.25, -0.2) is 0 Å². The summed E-state index contributed by atoms with van der Waals surface area (Å²) in [6.45, 7) is 2.45. The second-order valence-electron chi connectivity index (χ2n) is 3.29. The summed E-state index contributed by atoms with van der Waals surface area (Å²) in [5.74, 6) is 6.16. The first-order valence-corrected chi connectivity index (χ1v) is 4.98. The zero-order chi connectivity index (χ0) is 11.1. The molecule has 0 spiro atoms. The van der Waals surface area contributed by atoms with E-state index in [1.54, 1.807) is 13.0 Å². The highest BCUT2D eigenvalue weighted by Gasteiger charge is 1.97. The molecule has 0 aliphatic rings. The van der Waals surface area contributed by atoms with Gasteiger partial charge in [-0.15, -0.1) is 0 Å². The Labute approximate surface area is 90.7 Å². The van der Waals surface area contributed by atoms with Gasteiger partial charge in [-0.1, -0.05) is 24.0 Å². The molecule has 0 aromatic heterocycles. The topological polar surface area (TPSA) is 29.1 Å². The maximum Gasteiger partial charge on any atom is 0.159 e. The Hall–Kier alpha value is -1.59. The number of Topliss-reactive ketones (excluding diaryl/α,β-unsaturated/α-hetero) is 1. The van der Waals surface area contributed by atoms with Gasteiger partial charge < -0.3 is 5.32 Å². The minimum Gasteiger partial charge on any atom is -0.319 e. The molecule has 0 unspecified atom stereocenters. The summed E-state index contributed by atoms with van der Waals surface area (Å²) < 4.78 is 0. The van der Waals surface area contributed by atoms with Gasteiger partial charge in [0.25, 0.3) is 0 Å². The van der Waals surface area contributed by atoms with Crippen molar-refractivity contribution in [1.82, 2.24) is 5.32 Å². The van der Waals surface area contributed by atoms with Crippen LogP contribution in [0.5, 0.6) is 0 Å². The molecule has 1 aromatic rings. The van der Waals surface area contributed by atoms with Crippen molar-refractivity contribution in [1.29, 1.82) is 0 Å². The Morgan fingerprint density at radius 3 is 2.93 bits per heavy atom. The minimum absolute atomic E-state index is 0.0777. The molecule has 0 atom stereocenters. The summed E-state index contributed by atoms with van der Waals surface area (Å²) in [5.41, 5.74) is 1.62. The van der Waals surface area contributed by atoms with E-state index in [0.29, 0.717) is 0 Å². The number of carbonyl (C=O) groups excluding carboxylic acids is 1. The molecule has 15 heavy (non-hydrogen) atoms. The predicted octanol–water partition coefficient (Wildman–Crippen LogP) is 1.85. The smallest absolute Gasteiger partial charge is 0.159 e. The van der Waals surface area contributed by atoms with E-state index < -0.39 is 0 Å². The Bertz CT molecular complexity index is 398. The Morgan fingerprint density at radius 1 is 1.47 bits per heavy atom. The first-order chi connectivity index (χ1) is 7.24. The van der Waals surface area contributed by atoms with Crippen molar-refractivity contribution in [2.75, 3.05) is 13.6 Å². The third-order valence-electron chi connectivity index (χ3n) is 2.00. The molecule has 1 aromatic carbocycles. The normalized spacial score (nSPS) is 9.20. The average Bonchev–Trinajstić information content (AvgIpc) is 2.25. The van der Waals surface area contributed by atoms with Crippen molar-refractivity contribution in [3.8, 4) is 11.8 Å². The van der Waals surface area contributed by atoms with Crippen molar-refractivity contribution >= 4 is 5.78 Å². The fourth-order valence-corrected chi connectivity index (χ4v) is 1.17. The van der Waals surface area contributed by atoms with Crippen LogP contribution in [0.2, 0.25) is 0 Å². The first kappa shape index (κ1) is 11.5. The summed E-state index contributed by atoms with van der Waals surface area (Å²) in [5, 5.41) is 3.03. The zero-order valence-corrected chi connectivity index (χ0v) is 9.13. The van der Waals surface area contributed by atoms with Gasteiger partial charge in [0.2, 0.25) is 0 Å². The molecule has 1 rings (SSSR count). The SMILES string of the molecule is CNCCC#Cc1cccc(C(C)=O)c1. The second kappa shape index (κ2) is 6.00. The van der Waals surface area contributed by atoms with Crippen LogP contribution in [-0.4, -0.2) is 19.4 Å². The summed E-state index contributed by atoms with van der Waals surface area (Å²) in [4.78, 5) is 11.1. The third kappa shape index (κ3) is 3.97. The molecule has 1 N–H and O–H groups in total. The van der Waals surface area contributed by atoms with Crippen molar-refractivity contribution < 1.29 is 4.79 Å². The highest BCUT2D eigenvalue weighted by molar-refractivity contribution is 5.94. The molecule has 0 amide bonds. The maximum absolute atomic E-state index is 11.1. The Balaban J connectivity index is 2.72. The predicted molar refractivity (Wildman–Crippen MR) is 61.9 cm³/mol. The molecule has 0 aliphatic heterocycles. The molecule has 0 aliphatic carbocycles. The molecule has 0 heterocycles. The molecule has 0 saturated carbocycles. The second-order valence-corrected chi connectivity index (χ2v) is 3.29. The third-order valence-corrected chi connectivity index (χ3v) is 2.00. The fourth-order valence-electron chi connectivity index (χ4n) is 1.17. The van der Waals surface area contributed by atoms with Crippen molar-refractivity contribution in [3.05, 3.63) is 35.4 Å². The van der Waals surface area contributed by atoms with Crippen LogP contribution in [0, 0.1) is 11.8 Å². The van der Waals surface area contributed by atoms with Crippen LogP contribution in [0.25, 0.3) is 0 Å². The number of ketones is 1. The molecule has 0 saturated heterocycles. The summed E-state index contributed by atoms with van der Waals surface area (Å²) in [6, 6.07) is 7.41. The Morgan fingerprint density at radius 2 is 2.27 bits per heavy atom. The van der Waals surface area contributed by atoms with Gasteiger partial charge in [0.05, 0.1) is 0 Å². The average molecular weight is 201 g/mol. The monoisotopic (exact) mass is 201 g/mol. The van der Waals surface area contributed by atoms with Crippen molar-refractivity contribution in [2.45, 2.75) is 13.3 Å². The lowest BCUT2D eigenvalue weighted by atomic mass is 10.1. The van der Waals surface area contributed by atoms with Gasteiger partial charge in [-0.3, -0.25) is 4.79 Å². The van der Waals surface area contributed by atoms with E-state index >= 15 is 0 Å². The van der Waals surface area contributed by atoms with E-state index in [-0.39, 0.29) is 5.78 Å². The molecule has 2 nitrogen and oxygen atoms in total. The van der Waals surface area contributed by atoms with Gasteiger partial charge in [0.1, 0.15) is 0 Å². The van der Waals surface area contributed by atoms with E-state index in [4.69, 9.17) is 0 Å². The van der Waals surface area contributed by atoms with Crippen LogP contribution in [0.4, 0.5) is 0 Å². The van der Waals surface area contributed by atoms with Crippen LogP contribution in [-0.2, 0) is 0 Å². The van der Waals surface area contributed by atoms with E-state index in [1.165, 1.54) is 0 Å². The first-order valence-electron chi connectivity index (χ1n) is 4.98.